The molecule has 1 aromatic carbocycles. The summed E-state index contributed by atoms with van der Waals surface area (Å²) < 4.78 is 0. The molecule has 136 valence electrons. The molecule has 2 rings (SSSR count). The molecule has 0 spiro atoms. The predicted molar refractivity (Wildman–Crippen MR) is 91.7 cm³/mol. The summed E-state index contributed by atoms with van der Waals surface area (Å²) in [4.78, 5) is 35.5. The zero-order chi connectivity index (χ0) is 18.6. The summed E-state index contributed by atoms with van der Waals surface area (Å²) in [6, 6.07) is 1.96. The van der Waals surface area contributed by atoms with Crippen molar-refractivity contribution in [2.45, 2.75) is 39.2 Å². The molecular formula is C16H22N4O5. The Morgan fingerprint density at radius 2 is 1.88 bits per heavy atom. The van der Waals surface area contributed by atoms with Gasteiger partial charge in [-0.3, -0.25) is 25.0 Å². The molecule has 1 aliphatic rings. The van der Waals surface area contributed by atoms with Crippen LogP contribution >= 0.6 is 0 Å². The van der Waals surface area contributed by atoms with Crippen LogP contribution in [0, 0.1) is 27.2 Å². The number of nitrogens with one attached hydrogen (secondary N) is 1. The van der Waals surface area contributed by atoms with Crippen molar-refractivity contribution in [2.75, 3.05) is 19.6 Å². The number of piperidine rings is 1. The van der Waals surface area contributed by atoms with Crippen LogP contribution in [0.25, 0.3) is 0 Å². The van der Waals surface area contributed by atoms with Crippen molar-refractivity contribution < 1.29 is 14.6 Å². The second kappa shape index (κ2) is 8.02. The zero-order valence-electron chi connectivity index (χ0n) is 14.4. The summed E-state index contributed by atoms with van der Waals surface area (Å²) in [6.45, 7) is 6.34. The highest BCUT2D eigenvalue weighted by Crippen LogP contribution is 2.28. The molecule has 9 nitrogen and oxygen atoms in total. The van der Waals surface area contributed by atoms with Gasteiger partial charge in [0.25, 0.3) is 17.3 Å². The summed E-state index contributed by atoms with van der Waals surface area (Å²) >= 11 is 0. The highest BCUT2D eigenvalue weighted by molar-refractivity contribution is 5.97. The van der Waals surface area contributed by atoms with E-state index in [2.05, 4.69) is 17.1 Å². The molecule has 1 aliphatic heterocycles. The van der Waals surface area contributed by atoms with E-state index in [1.54, 1.807) is 0 Å². The highest BCUT2D eigenvalue weighted by Gasteiger charge is 2.27. The van der Waals surface area contributed by atoms with Crippen LogP contribution in [0.5, 0.6) is 0 Å². The lowest BCUT2D eigenvalue weighted by molar-refractivity contribution is -0.394. The van der Waals surface area contributed by atoms with E-state index in [4.69, 9.17) is 0 Å². The smallest absolute Gasteiger partial charge is 0.279 e. The Balaban J connectivity index is 2.16. The molecule has 0 aliphatic carbocycles. The standard InChI is InChI=1S/C16H22N4O5/c1-3-6-18-7-4-12(5-8-18)17-16(21)14-9-13(19(22)23)10-15(11(14)2)20(24)25/h9-10,12H,3-8H2,1-2H3,(H,17,21). The van der Waals surface area contributed by atoms with E-state index in [0.29, 0.717) is 0 Å². The summed E-state index contributed by atoms with van der Waals surface area (Å²) in [5.41, 5.74) is -0.759. The lowest BCUT2D eigenvalue weighted by atomic mass is 10.0. The van der Waals surface area contributed by atoms with Crippen molar-refractivity contribution in [3.63, 3.8) is 0 Å². The monoisotopic (exact) mass is 350 g/mol. The largest absolute Gasteiger partial charge is 0.349 e. The van der Waals surface area contributed by atoms with Gasteiger partial charge in [-0.25, -0.2) is 0 Å². The number of hydrogen-bond acceptors (Lipinski definition) is 6. The van der Waals surface area contributed by atoms with Gasteiger partial charge >= 0.3 is 0 Å². The van der Waals surface area contributed by atoms with Gasteiger partial charge in [-0.15, -0.1) is 0 Å². The number of benzene rings is 1. The van der Waals surface area contributed by atoms with Gasteiger partial charge in [-0.05, 0) is 32.7 Å². The average Bonchev–Trinajstić information content (AvgIpc) is 2.56. The molecule has 0 radical (unpaired) electrons. The number of hydrogen-bond donors (Lipinski definition) is 1. The van der Waals surface area contributed by atoms with Crippen molar-refractivity contribution >= 4 is 17.3 Å². The van der Waals surface area contributed by atoms with E-state index in [9.17, 15) is 25.0 Å². The minimum atomic E-state index is -0.730. The Kier molecular flexibility index (Phi) is 6.02. The third-order valence-corrected chi connectivity index (χ3v) is 4.48. The van der Waals surface area contributed by atoms with Gasteiger partial charge in [0.05, 0.1) is 21.5 Å². The first-order valence-corrected chi connectivity index (χ1v) is 8.30. The average molecular weight is 350 g/mol. The Morgan fingerprint density at radius 3 is 2.40 bits per heavy atom. The molecule has 9 heteroatoms. The number of carbonyl (C=O) groups is 1. The van der Waals surface area contributed by atoms with Crippen molar-refractivity contribution in [3.8, 4) is 0 Å². The number of rotatable bonds is 6. The first-order valence-electron chi connectivity index (χ1n) is 8.30. The van der Waals surface area contributed by atoms with Crippen LogP contribution in [0.4, 0.5) is 11.4 Å². The van der Waals surface area contributed by atoms with E-state index >= 15 is 0 Å². The van der Waals surface area contributed by atoms with Gasteiger partial charge in [0.1, 0.15) is 0 Å². The van der Waals surface area contributed by atoms with Crippen LogP contribution in [-0.2, 0) is 0 Å². The number of nitro benzene ring substituents is 2. The van der Waals surface area contributed by atoms with Gasteiger partial charge in [-0.1, -0.05) is 6.92 Å². The Bertz CT molecular complexity index is 683. The van der Waals surface area contributed by atoms with E-state index in [1.165, 1.54) is 6.92 Å². The third kappa shape index (κ3) is 4.50. The van der Waals surface area contributed by atoms with Gasteiger partial charge in [0, 0.05) is 30.8 Å². The molecule has 1 amide bonds. The number of nitrogens with zero attached hydrogens (tertiary/aromatic N) is 3. The molecule has 0 atom stereocenters. The topological polar surface area (TPSA) is 119 Å². The molecule has 0 aromatic heterocycles. The second-order valence-electron chi connectivity index (χ2n) is 6.24. The maximum absolute atomic E-state index is 12.5. The Hall–Kier alpha value is -2.55. The van der Waals surface area contributed by atoms with Crippen LogP contribution in [0.3, 0.4) is 0 Å². The molecule has 1 heterocycles. The van der Waals surface area contributed by atoms with Crippen LogP contribution in [0.15, 0.2) is 12.1 Å². The normalized spacial score (nSPS) is 15.8. The quantitative estimate of drug-likeness (QED) is 0.621. The number of likely N-dealkylation sites (tertiary alicyclic amines) is 1. The molecule has 0 unspecified atom stereocenters. The predicted octanol–water partition coefficient (Wildman–Crippen LogP) is 2.42. The van der Waals surface area contributed by atoms with Crippen LogP contribution in [-0.4, -0.2) is 46.3 Å². The van der Waals surface area contributed by atoms with E-state index in [0.717, 1.165) is 51.0 Å². The molecular weight excluding hydrogens is 328 g/mol. The number of carbonyl (C=O) groups excluding carboxylic acids is 1. The molecule has 1 N–H and O–H groups in total. The van der Waals surface area contributed by atoms with E-state index < -0.39 is 27.1 Å². The van der Waals surface area contributed by atoms with Crippen LogP contribution < -0.4 is 5.32 Å². The van der Waals surface area contributed by atoms with Gasteiger partial charge < -0.3 is 10.2 Å². The number of nitro groups is 2. The minimum Gasteiger partial charge on any atom is -0.349 e. The fourth-order valence-corrected chi connectivity index (χ4v) is 3.10. The first kappa shape index (κ1) is 18.8. The maximum atomic E-state index is 12.5. The minimum absolute atomic E-state index is 0.0168. The third-order valence-electron chi connectivity index (χ3n) is 4.48. The SMILES string of the molecule is CCCN1CCC(NC(=O)c2cc([N+](=O)[O-])cc([N+](=O)[O-])c2C)CC1. The van der Waals surface area contributed by atoms with E-state index in [-0.39, 0.29) is 17.2 Å². The van der Waals surface area contributed by atoms with E-state index in [1.807, 2.05) is 0 Å². The van der Waals surface area contributed by atoms with Crippen molar-refractivity contribution in [3.05, 3.63) is 43.5 Å². The van der Waals surface area contributed by atoms with Gasteiger partial charge in [0.2, 0.25) is 0 Å². The van der Waals surface area contributed by atoms with Gasteiger partial charge in [-0.2, -0.15) is 0 Å². The summed E-state index contributed by atoms with van der Waals surface area (Å²) in [5.74, 6) is -0.502. The lowest BCUT2D eigenvalue weighted by Crippen LogP contribution is -2.44. The van der Waals surface area contributed by atoms with Crippen molar-refractivity contribution in [1.82, 2.24) is 10.2 Å². The molecule has 0 saturated carbocycles. The van der Waals surface area contributed by atoms with Crippen molar-refractivity contribution in [2.24, 2.45) is 0 Å². The molecule has 25 heavy (non-hydrogen) atoms. The lowest BCUT2D eigenvalue weighted by Gasteiger charge is -2.32. The van der Waals surface area contributed by atoms with Crippen LogP contribution in [0.1, 0.15) is 42.1 Å². The van der Waals surface area contributed by atoms with Crippen LogP contribution in [0.2, 0.25) is 0 Å². The fourth-order valence-electron chi connectivity index (χ4n) is 3.10. The molecule has 1 saturated heterocycles. The fraction of sp³-hybridized carbons (Fsp3) is 0.562. The molecule has 1 fully saturated rings. The Labute approximate surface area is 145 Å². The first-order chi connectivity index (χ1) is 11.8. The molecule has 0 bridgehead atoms. The highest BCUT2D eigenvalue weighted by atomic mass is 16.6. The summed E-state index contributed by atoms with van der Waals surface area (Å²) in [7, 11) is 0. The number of non-ortho nitro benzene ring substituents is 1. The summed E-state index contributed by atoms with van der Waals surface area (Å²) in [5, 5.41) is 25.0. The Morgan fingerprint density at radius 1 is 1.24 bits per heavy atom. The summed E-state index contributed by atoms with van der Waals surface area (Å²) in [6.07, 6.45) is 2.66. The zero-order valence-corrected chi connectivity index (χ0v) is 14.4. The van der Waals surface area contributed by atoms with Crippen molar-refractivity contribution in [1.29, 1.82) is 0 Å². The number of amides is 1. The van der Waals surface area contributed by atoms with Gasteiger partial charge in [0.15, 0.2) is 0 Å². The second-order valence-corrected chi connectivity index (χ2v) is 6.24. The maximum Gasteiger partial charge on any atom is 0.279 e. The molecule has 1 aromatic rings.